The molecule has 1 aromatic carbocycles. The first kappa shape index (κ1) is 13.0. The third-order valence-electron chi connectivity index (χ3n) is 2.65. The molecule has 0 saturated heterocycles. The third kappa shape index (κ3) is 3.48. The van der Waals surface area contributed by atoms with Crippen LogP contribution in [0.4, 0.5) is 5.82 Å². The van der Waals surface area contributed by atoms with Crippen molar-refractivity contribution in [3.63, 3.8) is 0 Å². The van der Waals surface area contributed by atoms with Crippen molar-refractivity contribution in [2.45, 2.75) is 13.5 Å². The summed E-state index contributed by atoms with van der Waals surface area (Å²) in [7, 11) is 0. The fourth-order valence-electron chi connectivity index (χ4n) is 1.78. The summed E-state index contributed by atoms with van der Waals surface area (Å²) in [5, 5.41) is 2.70. The van der Waals surface area contributed by atoms with Crippen molar-refractivity contribution in [1.29, 1.82) is 0 Å². The summed E-state index contributed by atoms with van der Waals surface area (Å²) >= 11 is 0. The lowest BCUT2D eigenvalue weighted by molar-refractivity contribution is -0.668. The Hall–Kier alpha value is -2.49. The normalized spacial score (nSPS) is 9.95. The van der Waals surface area contributed by atoms with E-state index in [9.17, 15) is 9.59 Å². The van der Waals surface area contributed by atoms with Crippen molar-refractivity contribution in [2.24, 2.45) is 0 Å². The van der Waals surface area contributed by atoms with Gasteiger partial charge in [0.05, 0.1) is 6.20 Å². The summed E-state index contributed by atoms with van der Waals surface area (Å²) < 4.78 is 1.72. The van der Waals surface area contributed by atoms with Crippen LogP contribution in [0.15, 0.2) is 54.7 Å². The second-order valence-electron chi connectivity index (χ2n) is 4.18. The van der Waals surface area contributed by atoms with Gasteiger partial charge in [0.1, 0.15) is 0 Å². The van der Waals surface area contributed by atoms with Crippen molar-refractivity contribution in [3.05, 3.63) is 60.3 Å². The maximum Gasteiger partial charge on any atom is 0.304 e. The number of ketones is 1. The lowest BCUT2D eigenvalue weighted by atomic mass is 10.1. The number of pyridine rings is 1. The Morgan fingerprint density at radius 1 is 1.05 bits per heavy atom. The van der Waals surface area contributed by atoms with Gasteiger partial charge in [0, 0.05) is 18.6 Å². The van der Waals surface area contributed by atoms with Gasteiger partial charge in [0.2, 0.25) is 5.78 Å². The molecule has 1 amide bonds. The zero-order chi connectivity index (χ0) is 13.7. The Balaban J connectivity index is 2.19. The average molecular weight is 255 g/mol. The van der Waals surface area contributed by atoms with Gasteiger partial charge in [-0.15, -0.1) is 0 Å². The third-order valence-corrected chi connectivity index (χ3v) is 2.65. The first-order chi connectivity index (χ1) is 9.16. The molecule has 0 aliphatic heterocycles. The minimum absolute atomic E-state index is 0.00315. The van der Waals surface area contributed by atoms with Gasteiger partial charge in [-0.2, -0.15) is 0 Å². The van der Waals surface area contributed by atoms with Crippen molar-refractivity contribution in [1.82, 2.24) is 0 Å². The minimum atomic E-state index is -0.160. The highest BCUT2D eigenvalue weighted by Gasteiger charge is 2.14. The Morgan fingerprint density at radius 2 is 1.74 bits per heavy atom. The van der Waals surface area contributed by atoms with E-state index in [1.54, 1.807) is 29.0 Å². The predicted octanol–water partition coefficient (Wildman–Crippen LogP) is 1.82. The van der Waals surface area contributed by atoms with Crippen LogP contribution in [0.25, 0.3) is 0 Å². The summed E-state index contributed by atoms with van der Waals surface area (Å²) in [5.74, 6) is 0.454. The van der Waals surface area contributed by atoms with E-state index in [-0.39, 0.29) is 18.2 Å². The molecule has 2 rings (SSSR count). The van der Waals surface area contributed by atoms with E-state index in [1.165, 1.54) is 6.92 Å². The minimum Gasteiger partial charge on any atom is -0.290 e. The van der Waals surface area contributed by atoms with Crippen LogP contribution in [0, 0.1) is 0 Å². The fraction of sp³-hybridized carbons (Fsp3) is 0.133. The number of amides is 1. The van der Waals surface area contributed by atoms with Gasteiger partial charge in [0.15, 0.2) is 6.54 Å². The summed E-state index contributed by atoms with van der Waals surface area (Å²) in [5.41, 5.74) is 0.660. The Morgan fingerprint density at radius 3 is 2.42 bits per heavy atom. The first-order valence-corrected chi connectivity index (χ1v) is 6.01. The van der Waals surface area contributed by atoms with Gasteiger partial charge in [0.25, 0.3) is 5.82 Å². The number of rotatable bonds is 4. The van der Waals surface area contributed by atoms with Crippen LogP contribution in [0.3, 0.4) is 0 Å². The summed E-state index contributed by atoms with van der Waals surface area (Å²) in [6.45, 7) is 1.64. The van der Waals surface area contributed by atoms with Crippen molar-refractivity contribution < 1.29 is 14.2 Å². The van der Waals surface area contributed by atoms with Gasteiger partial charge in [-0.25, -0.2) is 14.7 Å². The highest BCUT2D eigenvalue weighted by molar-refractivity contribution is 5.95. The molecule has 1 heterocycles. The van der Waals surface area contributed by atoms with Crippen molar-refractivity contribution in [2.75, 3.05) is 5.32 Å². The van der Waals surface area contributed by atoms with Gasteiger partial charge in [-0.05, 0) is 6.07 Å². The monoisotopic (exact) mass is 255 g/mol. The Labute approximate surface area is 111 Å². The smallest absolute Gasteiger partial charge is 0.290 e. The molecule has 0 bridgehead atoms. The van der Waals surface area contributed by atoms with Gasteiger partial charge in [-0.1, -0.05) is 36.4 Å². The Bertz CT molecular complexity index is 594. The lowest BCUT2D eigenvalue weighted by Gasteiger charge is -2.04. The molecule has 2 aromatic rings. The van der Waals surface area contributed by atoms with Gasteiger partial charge >= 0.3 is 5.91 Å². The number of nitrogens with zero attached hydrogens (tertiary/aromatic N) is 1. The largest absolute Gasteiger partial charge is 0.304 e. The predicted molar refractivity (Wildman–Crippen MR) is 71.7 cm³/mol. The highest BCUT2D eigenvalue weighted by atomic mass is 16.1. The number of carbonyl (C=O) groups is 2. The molecular formula is C15H15N2O2+. The molecule has 1 N–H and O–H groups in total. The fourth-order valence-corrected chi connectivity index (χ4v) is 1.78. The van der Waals surface area contributed by atoms with Crippen LogP contribution in [-0.2, 0) is 11.3 Å². The number of carbonyl (C=O) groups excluding carboxylic acids is 2. The molecule has 0 aliphatic carbocycles. The number of hydrogen-bond donors (Lipinski definition) is 1. The van der Waals surface area contributed by atoms with Crippen LogP contribution in [-0.4, -0.2) is 11.7 Å². The molecular weight excluding hydrogens is 240 g/mol. The number of benzene rings is 1. The Kier molecular flexibility index (Phi) is 4.03. The van der Waals surface area contributed by atoms with E-state index in [1.807, 2.05) is 30.3 Å². The summed E-state index contributed by atoms with van der Waals surface area (Å²) in [6.07, 6.45) is 1.77. The highest BCUT2D eigenvalue weighted by Crippen LogP contribution is 2.03. The number of Topliss-reactive ketones (excluding diaryl/α,β-unsaturated/α-hetero) is 1. The zero-order valence-corrected chi connectivity index (χ0v) is 10.7. The van der Waals surface area contributed by atoms with Crippen LogP contribution >= 0.6 is 0 Å². The van der Waals surface area contributed by atoms with E-state index in [0.29, 0.717) is 11.4 Å². The van der Waals surface area contributed by atoms with E-state index >= 15 is 0 Å². The van der Waals surface area contributed by atoms with Crippen LogP contribution in [0.2, 0.25) is 0 Å². The number of aromatic nitrogens is 1. The standard InChI is InChI=1S/C15H14N2O2/c1-12(18)16-15-9-5-6-10-17(15)11-14(19)13-7-3-2-4-8-13/h2-10H,11H2,1H3/p+1. The van der Waals surface area contributed by atoms with E-state index in [4.69, 9.17) is 0 Å². The molecule has 0 radical (unpaired) electrons. The average Bonchev–Trinajstić information content (AvgIpc) is 2.41. The number of anilines is 1. The second kappa shape index (κ2) is 5.91. The van der Waals surface area contributed by atoms with E-state index in [0.717, 1.165) is 0 Å². The molecule has 4 nitrogen and oxygen atoms in total. The topological polar surface area (TPSA) is 50.1 Å². The molecule has 1 aromatic heterocycles. The SMILES string of the molecule is CC(=O)Nc1cccc[n+]1CC(=O)c1ccccc1. The molecule has 0 saturated carbocycles. The second-order valence-corrected chi connectivity index (χ2v) is 4.18. The number of nitrogens with one attached hydrogen (secondary N) is 1. The van der Waals surface area contributed by atoms with Gasteiger partial charge in [-0.3, -0.25) is 4.79 Å². The van der Waals surface area contributed by atoms with Crippen molar-refractivity contribution in [3.8, 4) is 0 Å². The van der Waals surface area contributed by atoms with E-state index in [2.05, 4.69) is 5.32 Å². The number of hydrogen-bond acceptors (Lipinski definition) is 2. The quantitative estimate of drug-likeness (QED) is 0.669. The van der Waals surface area contributed by atoms with Crippen LogP contribution in [0.5, 0.6) is 0 Å². The van der Waals surface area contributed by atoms with Crippen LogP contribution < -0.4 is 9.88 Å². The molecule has 0 aliphatic rings. The van der Waals surface area contributed by atoms with Crippen LogP contribution in [0.1, 0.15) is 17.3 Å². The molecule has 0 atom stereocenters. The maximum absolute atomic E-state index is 12.1. The molecule has 0 fully saturated rings. The molecule has 19 heavy (non-hydrogen) atoms. The molecule has 4 heteroatoms. The molecule has 96 valence electrons. The first-order valence-electron chi connectivity index (χ1n) is 6.01. The van der Waals surface area contributed by atoms with Gasteiger partial charge < -0.3 is 0 Å². The summed E-state index contributed by atoms with van der Waals surface area (Å²) in [4.78, 5) is 23.2. The maximum atomic E-state index is 12.1. The molecule has 0 spiro atoms. The zero-order valence-electron chi connectivity index (χ0n) is 10.7. The summed E-state index contributed by atoms with van der Waals surface area (Å²) in [6, 6.07) is 14.5. The van der Waals surface area contributed by atoms with E-state index < -0.39 is 0 Å². The molecule has 0 unspecified atom stereocenters. The van der Waals surface area contributed by atoms with Crippen molar-refractivity contribution >= 4 is 17.5 Å². The lowest BCUT2D eigenvalue weighted by Crippen LogP contribution is -2.41.